The van der Waals surface area contributed by atoms with Gasteiger partial charge in [-0.1, -0.05) is 31.0 Å². The van der Waals surface area contributed by atoms with Crippen molar-refractivity contribution in [3.8, 4) is 5.75 Å². The Labute approximate surface area is 113 Å². The highest BCUT2D eigenvalue weighted by Gasteiger charge is 2.24. The molecule has 4 nitrogen and oxygen atoms in total. The van der Waals surface area contributed by atoms with Gasteiger partial charge in [-0.25, -0.2) is 0 Å². The van der Waals surface area contributed by atoms with E-state index in [2.05, 4.69) is 0 Å². The predicted octanol–water partition coefficient (Wildman–Crippen LogP) is 2.39. The van der Waals surface area contributed by atoms with Crippen molar-refractivity contribution in [3.05, 3.63) is 29.8 Å². The van der Waals surface area contributed by atoms with Crippen LogP contribution in [0.1, 0.15) is 37.7 Å². The number of hydrogen-bond donors (Lipinski definition) is 2. The zero-order valence-electron chi connectivity index (χ0n) is 10.9. The lowest BCUT2D eigenvalue weighted by Gasteiger charge is -2.23. The maximum Gasteiger partial charge on any atom is 0.307 e. The minimum atomic E-state index is -0.877. The van der Waals surface area contributed by atoms with Gasteiger partial charge in [0.1, 0.15) is 11.9 Å². The van der Waals surface area contributed by atoms with E-state index in [4.69, 9.17) is 9.84 Å². The summed E-state index contributed by atoms with van der Waals surface area (Å²) in [6.45, 7) is 0. The van der Waals surface area contributed by atoms with Crippen molar-refractivity contribution in [2.45, 2.75) is 50.7 Å². The fourth-order valence-electron chi connectivity index (χ4n) is 2.48. The second kappa shape index (κ2) is 6.57. The van der Waals surface area contributed by atoms with Gasteiger partial charge in [0.2, 0.25) is 0 Å². The number of aliphatic hydroxyl groups excluding tert-OH is 1. The van der Waals surface area contributed by atoms with Crippen LogP contribution in [0.25, 0.3) is 0 Å². The van der Waals surface area contributed by atoms with Gasteiger partial charge in [-0.2, -0.15) is 0 Å². The molecule has 2 atom stereocenters. The maximum absolute atomic E-state index is 10.8. The van der Waals surface area contributed by atoms with Crippen molar-refractivity contribution in [2.75, 3.05) is 0 Å². The van der Waals surface area contributed by atoms with Gasteiger partial charge in [0.05, 0.1) is 12.5 Å². The van der Waals surface area contributed by atoms with Crippen LogP contribution in [0.2, 0.25) is 0 Å². The van der Waals surface area contributed by atoms with E-state index in [0.717, 1.165) is 32.1 Å². The fraction of sp³-hybridized carbons (Fsp3) is 0.533. The van der Waals surface area contributed by atoms with Crippen molar-refractivity contribution in [1.82, 2.24) is 0 Å². The molecule has 1 aliphatic rings. The molecule has 1 saturated carbocycles. The summed E-state index contributed by atoms with van der Waals surface area (Å²) >= 11 is 0. The van der Waals surface area contributed by atoms with Gasteiger partial charge < -0.3 is 14.9 Å². The Morgan fingerprint density at radius 3 is 2.74 bits per heavy atom. The van der Waals surface area contributed by atoms with Crippen molar-refractivity contribution < 1.29 is 19.7 Å². The highest BCUT2D eigenvalue weighted by molar-refractivity contribution is 5.71. The number of ether oxygens (including phenoxy) is 1. The molecular weight excluding hydrogens is 244 g/mol. The fourth-order valence-corrected chi connectivity index (χ4v) is 2.48. The number of carbonyl (C=O) groups is 1. The van der Waals surface area contributed by atoms with E-state index in [1.807, 2.05) is 6.07 Å². The summed E-state index contributed by atoms with van der Waals surface area (Å²) < 4.78 is 5.87. The average molecular weight is 264 g/mol. The van der Waals surface area contributed by atoms with Crippen LogP contribution in [0.5, 0.6) is 5.75 Å². The Bertz CT molecular complexity index is 430. The van der Waals surface area contributed by atoms with E-state index < -0.39 is 12.1 Å². The van der Waals surface area contributed by atoms with E-state index in [9.17, 15) is 9.90 Å². The molecule has 1 aromatic rings. The van der Waals surface area contributed by atoms with Crippen molar-refractivity contribution in [2.24, 2.45) is 0 Å². The monoisotopic (exact) mass is 264 g/mol. The lowest BCUT2D eigenvalue weighted by atomic mass is 10.1. The molecule has 2 N–H and O–H groups in total. The third-order valence-electron chi connectivity index (χ3n) is 3.51. The van der Waals surface area contributed by atoms with Gasteiger partial charge in [0, 0.05) is 5.56 Å². The average Bonchev–Trinajstić information content (AvgIpc) is 2.57. The van der Waals surface area contributed by atoms with Crippen LogP contribution in [-0.4, -0.2) is 28.4 Å². The Balaban J connectivity index is 2.10. The maximum atomic E-state index is 10.8. The summed E-state index contributed by atoms with van der Waals surface area (Å²) in [4.78, 5) is 10.8. The second-order valence-electron chi connectivity index (χ2n) is 5.04. The number of aliphatic hydroxyl groups is 1. The molecule has 1 fully saturated rings. The van der Waals surface area contributed by atoms with Gasteiger partial charge in [0.25, 0.3) is 0 Å². The third kappa shape index (κ3) is 3.96. The highest BCUT2D eigenvalue weighted by Crippen LogP contribution is 2.26. The first-order valence-electron chi connectivity index (χ1n) is 6.81. The van der Waals surface area contributed by atoms with E-state index in [-0.39, 0.29) is 12.5 Å². The molecule has 4 heteroatoms. The van der Waals surface area contributed by atoms with E-state index in [1.54, 1.807) is 18.2 Å². The molecule has 1 aliphatic carbocycles. The number of carboxylic acid groups (broad SMARTS) is 1. The number of hydrogen-bond acceptors (Lipinski definition) is 3. The molecule has 0 aromatic heterocycles. The molecule has 0 aliphatic heterocycles. The normalized spacial score (nSPS) is 23.6. The van der Waals surface area contributed by atoms with Crippen LogP contribution in [0.4, 0.5) is 0 Å². The van der Waals surface area contributed by atoms with Crippen LogP contribution in [0.3, 0.4) is 0 Å². The second-order valence-corrected chi connectivity index (χ2v) is 5.04. The van der Waals surface area contributed by atoms with Crippen LogP contribution in [0.15, 0.2) is 24.3 Å². The molecule has 0 radical (unpaired) electrons. The van der Waals surface area contributed by atoms with Crippen molar-refractivity contribution >= 4 is 5.97 Å². The van der Waals surface area contributed by atoms with Gasteiger partial charge in [0.15, 0.2) is 0 Å². The van der Waals surface area contributed by atoms with Crippen molar-refractivity contribution in [1.29, 1.82) is 0 Å². The molecule has 0 amide bonds. The lowest BCUT2D eigenvalue weighted by molar-refractivity contribution is -0.136. The Kier molecular flexibility index (Phi) is 4.80. The SMILES string of the molecule is O=C(O)Cc1ccccc1OC1CCCCCC1O. The smallest absolute Gasteiger partial charge is 0.307 e. The minimum Gasteiger partial charge on any atom is -0.487 e. The van der Waals surface area contributed by atoms with Gasteiger partial charge in [-0.15, -0.1) is 0 Å². The number of carboxylic acids is 1. The molecule has 0 bridgehead atoms. The third-order valence-corrected chi connectivity index (χ3v) is 3.51. The Morgan fingerprint density at radius 1 is 1.21 bits per heavy atom. The number of benzene rings is 1. The molecule has 2 rings (SSSR count). The van der Waals surface area contributed by atoms with Gasteiger partial charge in [-0.05, 0) is 25.3 Å². The Morgan fingerprint density at radius 2 is 1.95 bits per heavy atom. The molecule has 2 unspecified atom stereocenters. The zero-order chi connectivity index (χ0) is 13.7. The lowest BCUT2D eigenvalue weighted by Crippen LogP contribution is -2.30. The molecule has 0 spiro atoms. The van der Waals surface area contributed by atoms with Crippen LogP contribution in [-0.2, 0) is 11.2 Å². The van der Waals surface area contributed by atoms with E-state index >= 15 is 0 Å². The number of para-hydroxylation sites is 1. The zero-order valence-corrected chi connectivity index (χ0v) is 10.9. The van der Waals surface area contributed by atoms with E-state index in [0.29, 0.717) is 11.3 Å². The molecule has 104 valence electrons. The first-order valence-corrected chi connectivity index (χ1v) is 6.81. The topological polar surface area (TPSA) is 66.8 Å². The van der Waals surface area contributed by atoms with Crippen LogP contribution >= 0.6 is 0 Å². The summed E-state index contributed by atoms with van der Waals surface area (Å²) in [6.07, 6.45) is 4.03. The Hall–Kier alpha value is -1.55. The van der Waals surface area contributed by atoms with E-state index in [1.165, 1.54) is 0 Å². The van der Waals surface area contributed by atoms with Crippen LogP contribution in [0, 0.1) is 0 Å². The first kappa shape index (κ1) is 13.9. The molecule has 1 aromatic carbocycles. The molecular formula is C15H20O4. The predicted molar refractivity (Wildman–Crippen MR) is 71.3 cm³/mol. The summed E-state index contributed by atoms with van der Waals surface area (Å²) in [5, 5.41) is 18.9. The van der Waals surface area contributed by atoms with Crippen LogP contribution < -0.4 is 4.74 Å². The summed E-state index contributed by atoms with van der Waals surface area (Å²) in [6, 6.07) is 7.15. The largest absolute Gasteiger partial charge is 0.487 e. The summed E-state index contributed by atoms with van der Waals surface area (Å²) in [5.74, 6) is -0.298. The first-order chi connectivity index (χ1) is 9.16. The van der Waals surface area contributed by atoms with Gasteiger partial charge in [-0.3, -0.25) is 4.79 Å². The number of aliphatic carboxylic acids is 1. The summed E-state index contributed by atoms with van der Waals surface area (Å²) in [5.41, 5.74) is 0.659. The quantitative estimate of drug-likeness (QED) is 0.819. The highest BCUT2D eigenvalue weighted by atomic mass is 16.5. The van der Waals surface area contributed by atoms with Crippen molar-refractivity contribution in [3.63, 3.8) is 0 Å². The minimum absolute atomic E-state index is 0.0566. The molecule has 0 saturated heterocycles. The summed E-state index contributed by atoms with van der Waals surface area (Å²) in [7, 11) is 0. The number of rotatable bonds is 4. The molecule has 0 heterocycles. The van der Waals surface area contributed by atoms with Gasteiger partial charge >= 0.3 is 5.97 Å². The molecule has 19 heavy (non-hydrogen) atoms. The standard InChI is InChI=1S/C15H20O4/c16-12-7-2-1-3-9-14(12)19-13-8-5-4-6-11(13)10-15(17)18/h4-6,8,12,14,16H,1-3,7,9-10H2,(H,17,18).